The van der Waals surface area contributed by atoms with E-state index >= 15 is 0 Å². The minimum Gasteiger partial charge on any atom is -0.481 e. The lowest BCUT2D eigenvalue weighted by atomic mass is 9.92. The van der Waals surface area contributed by atoms with Crippen molar-refractivity contribution in [2.75, 3.05) is 57.6 Å². The average Bonchev–Trinajstić information content (AvgIpc) is 3.83. The highest BCUT2D eigenvalue weighted by molar-refractivity contribution is 5.82. The number of likely N-dealkylation sites (tertiary alicyclic amines) is 2. The Balaban J connectivity index is 0.000000212. The number of amides is 2. The maximum Gasteiger partial charge on any atom is 0.306 e. The molecule has 0 aromatic carbocycles. The Morgan fingerprint density at radius 1 is 0.694 bits per heavy atom. The number of nitrogens with zero attached hydrogens (tertiary/aromatic N) is 6. The van der Waals surface area contributed by atoms with E-state index in [4.69, 9.17) is 24.2 Å². The van der Waals surface area contributed by atoms with Crippen LogP contribution in [0.2, 0.25) is 0 Å². The molecule has 0 aliphatic carbocycles. The van der Waals surface area contributed by atoms with E-state index in [-0.39, 0.29) is 60.0 Å². The van der Waals surface area contributed by atoms with Crippen LogP contribution in [-0.4, -0.2) is 118 Å². The summed E-state index contributed by atoms with van der Waals surface area (Å²) in [6, 6.07) is 16.4. The van der Waals surface area contributed by atoms with Crippen molar-refractivity contribution in [3.8, 4) is 11.8 Å². The summed E-state index contributed by atoms with van der Waals surface area (Å²) in [5, 5.41) is 16.2. The minimum atomic E-state index is -0.831. The van der Waals surface area contributed by atoms with Gasteiger partial charge in [-0.2, -0.15) is 0 Å². The molecule has 0 spiro atoms. The van der Waals surface area contributed by atoms with Crippen LogP contribution in [0, 0.1) is 11.8 Å². The molecule has 0 radical (unpaired) electrons. The number of carbonyl (C=O) groups is 4. The first-order chi connectivity index (χ1) is 34.9. The molecule has 16 heteroatoms. The summed E-state index contributed by atoms with van der Waals surface area (Å²) in [5.41, 5.74) is 6.55. The van der Waals surface area contributed by atoms with Gasteiger partial charge in [0.05, 0.1) is 33.7 Å². The molecule has 8 heterocycles. The predicted octanol–water partition coefficient (Wildman–Crippen LogP) is 8.58. The molecule has 4 aromatic heterocycles. The van der Waals surface area contributed by atoms with Gasteiger partial charge in [-0.3, -0.25) is 19.2 Å². The van der Waals surface area contributed by atoms with Crippen LogP contribution in [0.15, 0.2) is 60.9 Å². The van der Waals surface area contributed by atoms with E-state index in [1.54, 1.807) is 32.7 Å². The Morgan fingerprint density at radius 3 is 1.58 bits per heavy atom. The molecule has 8 rings (SSSR count). The van der Waals surface area contributed by atoms with Crippen molar-refractivity contribution in [2.24, 2.45) is 11.8 Å². The highest BCUT2D eigenvalue weighted by Crippen LogP contribution is 2.34. The van der Waals surface area contributed by atoms with Gasteiger partial charge in [0.15, 0.2) is 0 Å². The molecule has 6 atom stereocenters. The van der Waals surface area contributed by atoms with E-state index in [2.05, 4.69) is 58.7 Å². The van der Waals surface area contributed by atoms with Crippen LogP contribution in [-0.2, 0) is 49.6 Å². The van der Waals surface area contributed by atoms with Crippen LogP contribution in [0.1, 0.15) is 143 Å². The fraction of sp³-hybridized carbons (Fsp3) is 0.571. The van der Waals surface area contributed by atoms with Crippen LogP contribution in [0.3, 0.4) is 0 Å². The van der Waals surface area contributed by atoms with Crippen molar-refractivity contribution in [1.82, 2.24) is 29.7 Å². The number of hydrogen-bond acceptors (Lipinski definition) is 13. The third-order valence-electron chi connectivity index (χ3n) is 14.9. The lowest BCUT2D eigenvalue weighted by Crippen LogP contribution is -2.33. The molecule has 4 aliphatic rings. The highest BCUT2D eigenvalue weighted by atomic mass is 16.5. The predicted molar refractivity (Wildman–Crippen MR) is 276 cm³/mol. The summed E-state index contributed by atoms with van der Waals surface area (Å²) >= 11 is 0. The molecule has 4 aliphatic heterocycles. The second-order valence-corrected chi connectivity index (χ2v) is 19.9. The first-order valence-electron chi connectivity index (χ1n) is 26.4. The van der Waals surface area contributed by atoms with Crippen molar-refractivity contribution >= 4 is 35.4 Å². The number of fused-ring (bicyclic) bond motifs is 2. The lowest BCUT2D eigenvalue weighted by molar-refractivity contribution is -0.143. The van der Waals surface area contributed by atoms with E-state index in [1.165, 1.54) is 11.1 Å². The maximum atomic E-state index is 13.2. The average molecular weight is 989 g/mol. The summed E-state index contributed by atoms with van der Waals surface area (Å²) in [6.07, 6.45) is 16.3. The molecule has 0 bridgehead atoms. The van der Waals surface area contributed by atoms with Crippen molar-refractivity contribution in [3.63, 3.8) is 0 Å². The van der Waals surface area contributed by atoms with Gasteiger partial charge in [-0.05, 0) is 157 Å². The number of carboxylic acid groups (broad SMARTS) is 1. The van der Waals surface area contributed by atoms with E-state index in [0.717, 1.165) is 131 Å². The molecule has 2 saturated heterocycles. The van der Waals surface area contributed by atoms with Crippen LogP contribution in [0.5, 0.6) is 11.8 Å². The number of aliphatic carboxylic acids is 1. The van der Waals surface area contributed by atoms with Crippen molar-refractivity contribution < 1.29 is 38.5 Å². The Hall–Kier alpha value is -6.32. The monoisotopic (exact) mass is 989 g/mol. The topological polar surface area (TPSA) is 198 Å². The molecule has 72 heavy (non-hydrogen) atoms. The number of aryl methyl sites for hydroxylation is 4. The number of methoxy groups -OCH3 is 2. The number of aromatic nitrogens is 4. The molecule has 4 unspecified atom stereocenters. The first-order valence-corrected chi connectivity index (χ1v) is 26.4. The zero-order valence-corrected chi connectivity index (χ0v) is 43.1. The summed E-state index contributed by atoms with van der Waals surface area (Å²) in [4.78, 5) is 72.2. The number of ether oxygens (including phenoxy) is 3. The molecule has 2 fully saturated rings. The molecular weight excluding hydrogens is 913 g/mol. The third-order valence-corrected chi connectivity index (χ3v) is 14.9. The Labute approximate surface area is 425 Å². The molecule has 2 amide bonds. The second kappa shape index (κ2) is 26.4. The van der Waals surface area contributed by atoms with E-state index in [1.807, 2.05) is 34.9 Å². The zero-order chi connectivity index (χ0) is 51.0. The number of rotatable bonds is 23. The Kier molecular flexibility index (Phi) is 19.6. The minimum absolute atomic E-state index is 0.00930. The van der Waals surface area contributed by atoms with Gasteiger partial charge < -0.3 is 39.8 Å². The second-order valence-electron chi connectivity index (χ2n) is 19.9. The van der Waals surface area contributed by atoms with Gasteiger partial charge in [0.2, 0.25) is 23.6 Å². The van der Waals surface area contributed by atoms with Gasteiger partial charge in [0, 0.05) is 86.0 Å². The smallest absolute Gasteiger partial charge is 0.306 e. The number of nitrogens with one attached hydrogen (secondary N) is 2. The summed E-state index contributed by atoms with van der Waals surface area (Å²) in [7, 11) is 3.14. The van der Waals surface area contributed by atoms with Gasteiger partial charge >= 0.3 is 11.9 Å². The fourth-order valence-corrected chi connectivity index (χ4v) is 10.9. The standard InChI is InChI=1S/C29H40N4O4.C27H36N4O4/c1-4-37-27(34)18-22(24-11-14-26(36-3)31-19-24)8-6-16-33-20(2)17-23(29(33)35)10-13-25-12-9-21-7-5-15-30-28(21)32-25;1-18-15-21(8-11-23-10-7-19-5-3-13-28-26(19)30-23)27(34)31(18)14-4-6-20(16-25(32)33)22-9-12-24(35-2)29-17-22/h9,11-12,14,19-20,22-23H,4-8,10,13,15-18H2,1-3H3,(H,30,32);7,9-10,12,17-18,20-21H,3-6,8,11,13-16H2,1-2H3,(H,28,30)(H,32,33)/t20?,22?,23-;18?,20?,21-/m00/s1. The quantitative estimate of drug-likeness (QED) is 0.0597. The number of pyridine rings is 4. The Bertz CT molecular complexity index is 2420. The van der Waals surface area contributed by atoms with Crippen LogP contribution < -0.4 is 20.1 Å². The molecule has 16 nitrogen and oxygen atoms in total. The molecule has 0 saturated carbocycles. The van der Waals surface area contributed by atoms with Crippen LogP contribution in [0.25, 0.3) is 0 Å². The summed E-state index contributed by atoms with van der Waals surface area (Å²) in [6.45, 7) is 9.73. The largest absolute Gasteiger partial charge is 0.481 e. The fourth-order valence-electron chi connectivity index (χ4n) is 10.9. The van der Waals surface area contributed by atoms with Gasteiger partial charge in [-0.15, -0.1) is 0 Å². The van der Waals surface area contributed by atoms with Gasteiger partial charge in [-0.1, -0.05) is 24.3 Å². The SMILES string of the molecule is CCOC(=O)CC(CCCN1C(=O)[C@@H](CCc2ccc3c(n2)NCCC3)CC1C)c1ccc(OC)nc1.COc1ccc(C(CCCN2C(=O)[C@@H](CCc3ccc4c(n3)NCCC4)CC2C)CC(=O)O)cn1. The molecular formula is C56H76N8O8. The third kappa shape index (κ3) is 14.7. The number of anilines is 2. The maximum absolute atomic E-state index is 13.2. The van der Waals surface area contributed by atoms with E-state index in [0.29, 0.717) is 44.3 Å². The Morgan fingerprint density at radius 2 is 1.17 bits per heavy atom. The van der Waals surface area contributed by atoms with Gasteiger partial charge in [-0.25, -0.2) is 19.9 Å². The van der Waals surface area contributed by atoms with Crippen LogP contribution in [0.4, 0.5) is 11.6 Å². The number of carbonyl (C=O) groups excluding carboxylic acids is 3. The normalized spacial score (nSPS) is 20.0. The van der Waals surface area contributed by atoms with Gasteiger partial charge in [0.1, 0.15) is 11.6 Å². The molecule has 4 aromatic rings. The number of carboxylic acids is 1. The van der Waals surface area contributed by atoms with Crippen LogP contribution >= 0.6 is 0 Å². The first kappa shape index (κ1) is 53.5. The van der Waals surface area contributed by atoms with E-state index < -0.39 is 5.97 Å². The highest BCUT2D eigenvalue weighted by Gasteiger charge is 2.38. The lowest BCUT2D eigenvalue weighted by Gasteiger charge is -2.23. The summed E-state index contributed by atoms with van der Waals surface area (Å²) < 4.78 is 15.5. The molecule has 3 N–H and O–H groups in total. The number of hydrogen-bond donors (Lipinski definition) is 3. The van der Waals surface area contributed by atoms with Gasteiger partial charge in [0.25, 0.3) is 0 Å². The molecule has 388 valence electrons. The zero-order valence-electron chi connectivity index (χ0n) is 43.1. The van der Waals surface area contributed by atoms with Crippen molar-refractivity contribution in [3.05, 3.63) is 94.6 Å². The number of esters is 1. The summed E-state index contributed by atoms with van der Waals surface area (Å²) in [5.74, 6) is 2.41. The van der Waals surface area contributed by atoms with Crippen molar-refractivity contribution in [1.29, 1.82) is 0 Å². The van der Waals surface area contributed by atoms with E-state index in [9.17, 15) is 24.3 Å². The van der Waals surface area contributed by atoms with Crippen molar-refractivity contribution in [2.45, 2.75) is 147 Å².